The minimum atomic E-state index is -3.84. The van der Waals surface area contributed by atoms with Crippen molar-refractivity contribution in [2.75, 3.05) is 5.32 Å². The third-order valence-corrected chi connectivity index (χ3v) is 9.00. The van der Waals surface area contributed by atoms with Crippen molar-refractivity contribution in [1.29, 1.82) is 5.26 Å². The predicted molar refractivity (Wildman–Crippen MR) is 139 cm³/mol. The first-order chi connectivity index (χ1) is 15.8. The van der Waals surface area contributed by atoms with Gasteiger partial charge in [0.05, 0.1) is 35.9 Å². The molecule has 164 valence electrons. The number of aryl methyl sites for hydroxylation is 1. The average Bonchev–Trinajstić information content (AvgIpc) is 3.40. The number of rotatable bonds is 4. The standard InChI is InChI=1S/C22H13ClIN5O2S2/c1-12-2-4-14(5-3-12)33(30,31)29-7-6-15-19(23)17(11-26-21(15)29)28-20-13(9-25)10-27-22-16(20)8-18(24)32-22/h2-8,10-11H,1H3,(H,27,28). The molecule has 0 amide bonds. The molecule has 4 heterocycles. The Kier molecular flexibility index (Phi) is 5.52. The summed E-state index contributed by atoms with van der Waals surface area (Å²) in [6.07, 6.45) is 4.42. The lowest BCUT2D eigenvalue weighted by Gasteiger charge is -2.12. The van der Waals surface area contributed by atoms with E-state index in [1.807, 2.05) is 13.0 Å². The van der Waals surface area contributed by atoms with Crippen LogP contribution in [0.4, 0.5) is 11.4 Å². The molecule has 0 radical (unpaired) electrons. The van der Waals surface area contributed by atoms with Gasteiger partial charge < -0.3 is 5.32 Å². The van der Waals surface area contributed by atoms with E-state index in [-0.39, 0.29) is 10.5 Å². The number of hydrogen-bond donors (Lipinski definition) is 1. The highest BCUT2D eigenvalue weighted by atomic mass is 127. The van der Waals surface area contributed by atoms with Gasteiger partial charge in [-0.1, -0.05) is 29.3 Å². The van der Waals surface area contributed by atoms with Gasteiger partial charge in [0.1, 0.15) is 10.9 Å². The summed E-state index contributed by atoms with van der Waals surface area (Å²) in [6, 6.07) is 12.3. The van der Waals surface area contributed by atoms with E-state index in [0.29, 0.717) is 27.3 Å². The van der Waals surface area contributed by atoms with Crippen molar-refractivity contribution in [3.05, 3.63) is 74.0 Å². The Morgan fingerprint density at radius 2 is 1.91 bits per heavy atom. The van der Waals surface area contributed by atoms with Gasteiger partial charge in [0.2, 0.25) is 0 Å². The molecule has 1 aromatic carbocycles. The summed E-state index contributed by atoms with van der Waals surface area (Å²) < 4.78 is 28.5. The summed E-state index contributed by atoms with van der Waals surface area (Å²) in [7, 11) is -3.84. The van der Waals surface area contributed by atoms with E-state index in [1.54, 1.807) is 30.3 Å². The summed E-state index contributed by atoms with van der Waals surface area (Å²) >= 11 is 10.4. The minimum absolute atomic E-state index is 0.163. The van der Waals surface area contributed by atoms with Crippen LogP contribution in [0.5, 0.6) is 0 Å². The van der Waals surface area contributed by atoms with Crippen LogP contribution in [0, 0.1) is 21.1 Å². The topological polar surface area (TPSA) is 101 Å². The van der Waals surface area contributed by atoms with Gasteiger partial charge in [0.15, 0.2) is 5.65 Å². The van der Waals surface area contributed by atoms with E-state index in [2.05, 4.69) is 43.9 Å². The van der Waals surface area contributed by atoms with Gasteiger partial charge in [0.25, 0.3) is 10.0 Å². The number of thiophene rings is 1. The van der Waals surface area contributed by atoms with Crippen LogP contribution in [0.2, 0.25) is 5.02 Å². The van der Waals surface area contributed by atoms with E-state index in [1.165, 1.54) is 29.9 Å². The quantitative estimate of drug-likeness (QED) is 0.250. The molecule has 33 heavy (non-hydrogen) atoms. The number of anilines is 2. The number of benzene rings is 1. The fraction of sp³-hybridized carbons (Fsp3) is 0.0455. The second-order valence-electron chi connectivity index (χ2n) is 7.21. The van der Waals surface area contributed by atoms with E-state index < -0.39 is 10.0 Å². The first-order valence-corrected chi connectivity index (χ1v) is 13.2. The number of pyridine rings is 2. The fourth-order valence-electron chi connectivity index (χ4n) is 3.45. The number of hydrogen-bond acceptors (Lipinski definition) is 7. The van der Waals surface area contributed by atoms with Gasteiger partial charge in [-0.25, -0.2) is 22.4 Å². The van der Waals surface area contributed by atoms with Crippen LogP contribution in [0.3, 0.4) is 0 Å². The smallest absolute Gasteiger partial charge is 0.269 e. The van der Waals surface area contributed by atoms with E-state index in [9.17, 15) is 13.7 Å². The zero-order chi connectivity index (χ0) is 23.3. The molecule has 0 unspecified atom stereocenters. The molecule has 5 aromatic rings. The van der Waals surface area contributed by atoms with Gasteiger partial charge in [-0.3, -0.25) is 0 Å². The number of aromatic nitrogens is 3. The minimum Gasteiger partial charge on any atom is -0.351 e. The monoisotopic (exact) mass is 605 g/mol. The summed E-state index contributed by atoms with van der Waals surface area (Å²) in [5, 5.41) is 14.4. The molecule has 0 fully saturated rings. The highest BCUT2D eigenvalue weighted by molar-refractivity contribution is 14.1. The molecule has 1 N–H and O–H groups in total. The number of fused-ring (bicyclic) bond motifs is 2. The first kappa shape index (κ1) is 22.1. The molecule has 0 saturated heterocycles. The van der Waals surface area contributed by atoms with Crippen molar-refractivity contribution in [2.24, 2.45) is 0 Å². The molecule has 0 bridgehead atoms. The number of nitriles is 1. The van der Waals surface area contributed by atoms with Gasteiger partial charge in [-0.05, 0) is 53.8 Å². The predicted octanol–water partition coefficient (Wildman–Crippen LogP) is 6.06. The van der Waals surface area contributed by atoms with Crippen LogP contribution in [0.1, 0.15) is 11.1 Å². The van der Waals surface area contributed by atoms with Crippen LogP contribution < -0.4 is 5.32 Å². The van der Waals surface area contributed by atoms with Gasteiger partial charge >= 0.3 is 0 Å². The van der Waals surface area contributed by atoms with E-state index in [0.717, 1.165) is 22.6 Å². The Hall–Kier alpha value is -2.72. The zero-order valence-corrected chi connectivity index (χ0v) is 21.4. The lowest BCUT2D eigenvalue weighted by atomic mass is 10.2. The summed E-state index contributed by atoms with van der Waals surface area (Å²) in [6.45, 7) is 1.89. The lowest BCUT2D eigenvalue weighted by Crippen LogP contribution is -2.12. The maximum atomic E-state index is 13.2. The third kappa shape index (κ3) is 3.74. The molecule has 4 aromatic heterocycles. The number of nitrogens with zero attached hydrogens (tertiary/aromatic N) is 4. The summed E-state index contributed by atoms with van der Waals surface area (Å²) in [5.41, 5.74) is 2.59. The maximum Gasteiger partial charge on any atom is 0.269 e. The van der Waals surface area contributed by atoms with E-state index >= 15 is 0 Å². The highest BCUT2D eigenvalue weighted by Gasteiger charge is 2.22. The molecular weight excluding hydrogens is 593 g/mol. The molecule has 5 rings (SSSR count). The van der Waals surface area contributed by atoms with Crippen molar-refractivity contribution >= 4 is 88.2 Å². The molecule has 0 aliphatic rings. The highest BCUT2D eigenvalue weighted by Crippen LogP contribution is 2.38. The van der Waals surface area contributed by atoms with Crippen LogP contribution >= 0.6 is 45.5 Å². The summed E-state index contributed by atoms with van der Waals surface area (Å²) in [5.74, 6) is 0. The summed E-state index contributed by atoms with van der Waals surface area (Å²) in [4.78, 5) is 9.69. The van der Waals surface area contributed by atoms with Crippen LogP contribution in [-0.2, 0) is 10.0 Å². The SMILES string of the molecule is Cc1ccc(S(=O)(=O)n2ccc3c(Cl)c(Nc4c(C#N)cnc5sc(I)cc45)cnc32)cc1. The van der Waals surface area contributed by atoms with Gasteiger partial charge in [0, 0.05) is 23.2 Å². The van der Waals surface area contributed by atoms with Crippen molar-refractivity contribution in [1.82, 2.24) is 13.9 Å². The zero-order valence-electron chi connectivity index (χ0n) is 16.9. The number of nitrogens with one attached hydrogen (secondary N) is 1. The van der Waals surface area contributed by atoms with Crippen LogP contribution in [0.25, 0.3) is 21.3 Å². The Morgan fingerprint density at radius 3 is 2.64 bits per heavy atom. The number of halogens is 2. The second-order valence-corrected chi connectivity index (χ2v) is 12.3. The maximum absolute atomic E-state index is 13.2. The normalized spacial score (nSPS) is 11.7. The molecule has 11 heteroatoms. The van der Waals surface area contributed by atoms with Crippen molar-refractivity contribution < 1.29 is 8.42 Å². The largest absolute Gasteiger partial charge is 0.351 e. The van der Waals surface area contributed by atoms with Gasteiger partial charge in [-0.2, -0.15) is 5.26 Å². The Labute approximate surface area is 211 Å². The molecule has 0 aliphatic heterocycles. The molecule has 0 atom stereocenters. The van der Waals surface area contributed by atoms with Crippen molar-refractivity contribution in [3.8, 4) is 6.07 Å². The van der Waals surface area contributed by atoms with Crippen LogP contribution in [-0.4, -0.2) is 22.4 Å². The van der Waals surface area contributed by atoms with Gasteiger partial charge in [-0.15, -0.1) is 11.3 Å². The third-order valence-electron chi connectivity index (χ3n) is 5.11. The van der Waals surface area contributed by atoms with Crippen molar-refractivity contribution in [3.63, 3.8) is 0 Å². The Balaban J connectivity index is 1.61. The first-order valence-electron chi connectivity index (χ1n) is 9.52. The lowest BCUT2D eigenvalue weighted by molar-refractivity contribution is 0.588. The fourth-order valence-corrected chi connectivity index (χ4v) is 6.67. The molecular formula is C22H13ClIN5O2S2. The average molecular weight is 606 g/mol. The van der Waals surface area contributed by atoms with Crippen molar-refractivity contribution in [2.45, 2.75) is 11.8 Å². The van der Waals surface area contributed by atoms with Crippen LogP contribution in [0.15, 0.2) is 59.9 Å². The molecule has 7 nitrogen and oxygen atoms in total. The Bertz CT molecular complexity index is 1700. The Morgan fingerprint density at radius 1 is 1.15 bits per heavy atom. The molecule has 0 spiro atoms. The second kappa shape index (κ2) is 8.25. The molecule has 0 saturated carbocycles. The molecule has 0 aliphatic carbocycles. The van der Waals surface area contributed by atoms with E-state index in [4.69, 9.17) is 11.6 Å².